The molecular weight excluding hydrogens is 440 g/mol. The lowest BCUT2D eigenvalue weighted by molar-refractivity contribution is -0.384. The van der Waals surface area contributed by atoms with Crippen molar-refractivity contribution in [3.8, 4) is 0 Å². The van der Waals surface area contributed by atoms with Crippen molar-refractivity contribution >= 4 is 44.8 Å². The lowest BCUT2D eigenvalue weighted by atomic mass is 10.2. The van der Waals surface area contributed by atoms with Crippen LogP contribution in [-0.2, 0) is 20.6 Å². The van der Waals surface area contributed by atoms with E-state index in [0.29, 0.717) is 17.1 Å². The van der Waals surface area contributed by atoms with Crippen LogP contribution in [0.3, 0.4) is 0 Å². The van der Waals surface area contributed by atoms with Crippen LogP contribution in [0.1, 0.15) is 5.56 Å². The number of nitrogens with one attached hydrogen (secondary N) is 2. The Morgan fingerprint density at radius 2 is 1.74 bits per heavy atom. The topological polar surface area (TPSA) is 131 Å². The maximum absolute atomic E-state index is 12.4. The summed E-state index contributed by atoms with van der Waals surface area (Å²) in [6.07, 6.45) is 2.94. The Morgan fingerprint density at radius 1 is 1.03 bits per heavy atom. The highest BCUT2D eigenvalue weighted by molar-refractivity contribution is 7.99. The van der Waals surface area contributed by atoms with Gasteiger partial charge in [0.15, 0.2) is 0 Å². The average Bonchev–Trinajstić information content (AvgIpc) is 2.75. The molecule has 0 unspecified atom stereocenters. The molecule has 0 aliphatic carbocycles. The van der Waals surface area contributed by atoms with Crippen LogP contribution in [0.15, 0.2) is 78.0 Å². The fourth-order valence-electron chi connectivity index (χ4n) is 2.53. The molecule has 0 radical (unpaired) electrons. The van der Waals surface area contributed by atoms with Crippen molar-refractivity contribution in [2.45, 2.75) is 10.6 Å². The summed E-state index contributed by atoms with van der Waals surface area (Å²) < 4.78 is 27.2. The molecule has 3 rings (SSSR count). The van der Waals surface area contributed by atoms with Gasteiger partial charge >= 0.3 is 0 Å². The fraction of sp³-hybridized carbons (Fsp3) is 0.100. The minimum atomic E-state index is -3.76. The number of benzene rings is 2. The van der Waals surface area contributed by atoms with E-state index < -0.39 is 14.9 Å². The number of nitrogens with zero attached hydrogens (tertiary/aromatic N) is 2. The molecule has 0 saturated carbocycles. The summed E-state index contributed by atoms with van der Waals surface area (Å²) in [5.74, 6) is 0.471. The molecule has 1 amide bonds. The molecule has 2 aromatic carbocycles. The highest BCUT2D eigenvalue weighted by atomic mass is 32.2. The fourth-order valence-corrected chi connectivity index (χ4v) is 4.36. The summed E-state index contributed by atoms with van der Waals surface area (Å²) in [6, 6.07) is 15.2. The zero-order chi connectivity index (χ0) is 22.3. The van der Waals surface area contributed by atoms with Gasteiger partial charge in [-0.15, -0.1) is 11.8 Å². The number of non-ortho nitro benzene ring substituents is 1. The number of hydrogen-bond acceptors (Lipinski definition) is 7. The molecular formula is C20H18N4O5S2. The Bertz CT molecular complexity index is 1150. The van der Waals surface area contributed by atoms with Crippen LogP contribution in [0.4, 0.5) is 17.1 Å². The standard InChI is InChI=1S/C20H18N4O5S2/c25-20(14-30-13-15-3-7-18(8-4-15)24(26)27)22-16-5-9-19(10-6-16)31(28,29)23-17-2-1-11-21-12-17/h1-12,23H,13-14H2,(H,22,25). The number of sulfonamides is 1. The highest BCUT2D eigenvalue weighted by Gasteiger charge is 2.14. The van der Waals surface area contributed by atoms with Gasteiger partial charge < -0.3 is 5.32 Å². The number of nitro groups is 1. The molecule has 0 atom stereocenters. The second kappa shape index (κ2) is 10.0. The molecule has 2 N–H and O–H groups in total. The normalized spacial score (nSPS) is 11.0. The van der Waals surface area contributed by atoms with Crippen molar-refractivity contribution in [1.82, 2.24) is 4.98 Å². The van der Waals surface area contributed by atoms with Gasteiger partial charge in [0, 0.05) is 29.8 Å². The van der Waals surface area contributed by atoms with Crippen LogP contribution >= 0.6 is 11.8 Å². The molecule has 1 heterocycles. The van der Waals surface area contributed by atoms with Crippen LogP contribution in [0.5, 0.6) is 0 Å². The van der Waals surface area contributed by atoms with E-state index in [1.165, 1.54) is 54.4 Å². The maximum Gasteiger partial charge on any atom is 0.269 e. The third-order valence-corrected chi connectivity index (χ3v) is 6.41. The van der Waals surface area contributed by atoms with Crippen molar-refractivity contribution < 1.29 is 18.1 Å². The van der Waals surface area contributed by atoms with Crippen LogP contribution < -0.4 is 10.0 Å². The number of amides is 1. The van der Waals surface area contributed by atoms with Crippen molar-refractivity contribution in [3.05, 3.63) is 88.7 Å². The molecule has 0 aliphatic rings. The van der Waals surface area contributed by atoms with Gasteiger partial charge in [-0.1, -0.05) is 12.1 Å². The van der Waals surface area contributed by atoms with Gasteiger partial charge in [0.25, 0.3) is 15.7 Å². The molecule has 160 valence electrons. The summed E-state index contributed by atoms with van der Waals surface area (Å²) in [7, 11) is -3.76. The largest absolute Gasteiger partial charge is 0.325 e. The Labute approximate surface area is 183 Å². The van der Waals surface area contributed by atoms with E-state index in [1.54, 1.807) is 30.5 Å². The zero-order valence-electron chi connectivity index (χ0n) is 16.1. The maximum atomic E-state index is 12.4. The first kappa shape index (κ1) is 22.2. The lowest BCUT2D eigenvalue weighted by Gasteiger charge is -2.09. The number of thioether (sulfide) groups is 1. The van der Waals surface area contributed by atoms with Crippen LogP contribution in [-0.4, -0.2) is 30.0 Å². The summed E-state index contributed by atoms with van der Waals surface area (Å²) in [4.78, 5) is 26.2. The molecule has 9 nitrogen and oxygen atoms in total. The molecule has 11 heteroatoms. The number of anilines is 2. The van der Waals surface area contributed by atoms with E-state index in [-0.39, 0.29) is 22.2 Å². The Morgan fingerprint density at radius 3 is 2.35 bits per heavy atom. The van der Waals surface area contributed by atoms with E-state index in [2.05, 4.69) is 15.0 Å². The Hall–Kier alpha value is -3.44. The van der Waals surface area contributed by atoms with Crippen molar-refractivity contribution in [2.24, 2.45) is 0 Å². The van der Waals surface area contributed by atoms with Crippen LogP contribution in [0.2, 0.25) is 0 Å². The molecule has 0 fully saturated rings. The van der Waals surface area contributed by atoms with Gasteiger partial charge in [-0.2, -0.15) is 0 Å². The zero-order valence-corrected chi connectivity index (χ0v) is 17.7. The quantitative estimate of drug-likeness (QED) is 0.369. The monoisotopic (exact) mass is 458 g/mol. The van der Waals surface area contributed by atoms with E-state index >= 15 is 0 Å². The number of pyridine rings is 1. The van der Waals surface area contributed by atoms with Crippen LogP contribution in [0.25, 0.3) is 0 Å². The summed E-state index contributed by atoms with van der Waals surface area (Å²) in [5, 5.41) is 13.4. The van der Waals surface area contributed by atoms with E-state index in [4.69, 9.17) is 0 Å². The number of nitro benzene ring substituents is 1. The Balaban J connectivity index is 1.50. The third-order valence-electron chi connectivity index (χ3n) is 4.01. The van der Waals surface area contributed by atoms with Crippen molar-refractivity contribution in [1.29, 1.82) is 0 Å². The summed E-state index contributed by atoms with van der Waals surface area (Å²) in [5.41, 5.74) is 1.72. The molecule has 0 aliphatic heterocycles. The molecule has 0 spiro atoms. The SMILES string of the molecule is O=C(CSCc1ccc([N+](=O)[O-])cc1)Nc1ccc(S(=O)(=O)Nc2cccnc2)cc1. The van der Waals surface area contributed by atoms with Crippen molar-refractivity contribution in [3.63, 3.8) is 0 Å². The highest BCUT2D eigenvalue weighted by Crippen LogP contribution is 2.19. The van der Waals surface area contributed by atoms with E-state index in [9.17, 15) is 23.3 Å². The molecule has 1 aromatic heterocycles. The third kappa shape index (κ3) is 6.52. The molecule has 31 heavy (non-hydrogen) atoms. The van der Waals surface area contributed by atoms with Crippen LogP contribution in [0, 0.1) is 10.1 Å². The van der Waals surface area contributed by atoms with Gasteiger partial charge in [-0.3, -0.25) is 24.6 Å². The van der Waals surface area contributed by atoms with Gasteiger partial charge in [0.1, 0.15) is 0 Å². The van der Waals surface area contributed by atoms with E-state index in [1.807, 2.05) is 0 Å². The smallest absolute Gasteiger partial charge is 0.269 e. The summed E-state index contributed by atoms with van der Waals surface area (Å²) in [6.45, 7) is 0. The lowest BCUT2D eigenvalue weighted by Crippen LogP contribution is -2.15. The second-order valence-electron chi connectivity index (χ2n) is 6.34. The number of aromatic nitrogens is 1. The minimum absolute atomic E-state index is 0.0209. The Kier molecular flexibility index (Phi) is 7.21. The minimum Gasteiger partial charge on any atom is -0.325 e. The number of rotatable bonds is 9. The first-order chi connectivity index (χ1) is 14.8. The van der Waals surface area contributed by atoms with Gasteiger partial charge in [0.05, 0.1) is 27.5 Å². The average molecular weight is 459 g/mol. The second-order valence-corrected chi connectivity index (χ2v) is 9.00. The number of carbonyl (C=O) groups is 1. The number of hydrogen-bond donors (Lipinski definition) is 2. The molecule has 3 aromatic rings. The van der Waals surface area contributed by atoms with Gasteiger partial charge in [-0.25, -0.2) is 8.42 Å². The molecule has 0 saturated heterocycles. The first-order valence-electron chi connectivity index (χ1n) is 8.97. The van der Waals surface area contributed by atoms with Crippen molar-refractivity contribution in [2.75, 3.05) is 15.8 Å². The summed E-state index contributed by atoms with van der Waals surface area (Å²) >= 11 is 1.36. The number of carbonyl (C=O) groups excluding carboxylic acids is 1. The predicted molar refractivity (Wildman–Crippen MR) is 119 cm³/mol. The van der Waals surface area contributed by atoms with Gasteiger partial charge in [0.2, 0.25) is 5.91 Å². The van der Waals surface area contributed by atoms with Gasteiger partial charge in [-0.05, 0) is 42.0 Å². The predicted octanol–water partition coefficient (Wildman–Crippen LogP) is 3.66. The first-order valence-corrected chi connectivity index (χ1v) is 11.6. The molecule has 0 bridgehead atoms. The van der Waals surface area contributed by atoms with E-state index in [0.717, 1.165) is 5.56 Å².